The summed E-state index contributed by atoms with van der Waals surface area (Å²) in [5.74, 6) is -0.236. The first kappa shape index (κ1) is 17.8. The van der Waals surface area contributed by atoms with Crippen molar-refractivity contribution in [3.63, 3.8) is 0 Å². The summed E-state index contributed by atoms with van der Waals surface area (Å²) in [5.41, 5.74) is 1.95. The number of nitrogens with zero attached hydrogens (tertiary/aromatic N) is 2. The topological polar surface area (TPSA) is 15.7 Å². The second kappa shape index (κ2) is 7.93. The number of ether oxygens (including phenoxy) is 1. The standard InChI is InChI=1S/C20H24F2N2O/c1-15(17-4-3-5-18(21)13-17)24-10-8-23(9-11-24)14-16-6-7-20(25-2)19(22)12-16/h3-7,12-13,15H,8-11,14H2,1-2H3/t15-/m1/s1. The maximum atomic E-state index is 13.8. The van der Waals surface area contributed by atoms with Crippen LogP contribution in [0, 0.1) is 11.6 Å². The van der Waals surface area contributed by atoms with Crippen molar-refractivity contribution in [3.8, 4) is 5.75 Å². The Balaban J connectivity index is 1.56. The SMILES string of the molecule is COc1ccc(CN2CCN([C@H](C)c3cccc(F)c3)CC2)cc1F. The molecule has 0 radical (unpaired) electrons. The fourth-order valence-corrected chi connectivity index (χ4v) is 3.35. The highest BCUT2D eigenvalue weighted by molar-refractivity contribution is 5.29. The molecule has 1 atom stereocenters. The van der Waals surface area contributed by atoms with E-state index < -0.39 is 0 Å². The lowest BCUT2D eigenvalue weighted by Gasteiger charge is -2.38. The summed E-state index contributed by atoms with van der Waals surface area (Å²) >= 11 is 0. The maximum Gasteiger partial charge on any atom is 0.165 e. The average Bonchev–Trinajstić information content (AvgIpc) is 2.62. The monoisotopic (exact) mass is 346 g/mol. The van der Waals surface area contributed by atoms with Crippen LogP contribution in [-0.4, -0.2) is 43.1 Å². The minimum Gasteiger partial charge on any atom is -0.494 e. The lowest BCUT2D eigenvalue weighted by Crippen LogP contribution is -2.46. The number of hydrogen-bond donors (Lipinski definition) is 0. The molecule has 2 aromatic rings. The van der Waals surface area contributed by atoms with E-state index in [0.29, 0.717) is 0 Å². The van der Waals surface area contributed by atoms with Crippen LogP contribution in [0.3, 0.4) is 0 Å². The summed E-state index contributed by atoms with van der Waals surface area (Å²) in [4.78, 5) is 4.68. The molecular formula is C20H24F2N2O. The third-order valence-corrected chi connectivity index (χ3v) is 4.91. The molecule has 1 saturated heterocycles. The van der Waals surface area contributed by atoms with Gasteiger partial charge in [0.2, 0.25) is 0 Å². The summed E-state index contributed by atoms with van der Waals surface area (Å²) in [6.07, 6.45) is 0. The van der Waals surface area contributed by atoms with Gasteiger partial charge >= 0.3 is 0 Å². The van der Waals surface area contributed by atoms with Crippen molar-refractivity contribution >= 4 is 0 Å². The summed E-state index contributed by atoms with van der Waals surface area (Å²) < 4.78 is 32.2. The molecule has 1 heterocycles. The van der Waals surface area contributed by atoms with Crippen molar-refractivity contribution in [2.24, 2.45) is 0 Å². The van der Waals surface area contributed by atoms with Crippen LogP contribution >= 0.6 is 0 Å². The van der Waals surface area contributed by atoms with Gasteiger partial charge in [-0.15, -0.1) is 0 Å². The van der Waals surface area contributed by atoms with Gasteiger partial charge in [-0.2, -0.15) is 0 Å². The van der Waals surface area contributed by atoms with Crippen molar-refractivity contribution < 1.29 is 13.5 Å². The molecule has 0 aromatic heterocycles. The Bertz CT molecular complexity index is 715. The normalized spacial score (nSPS) is 17.4. The zero-order chi connectivity index (χ0) is 17.8. The molecule has 1 fully saturated rings. The van der Waals surface area contributed by atoms with Crippen molar-refractivity contribution in [1.82, 2.24) is 9.80 Å². The largest absolute Gasteiger partial charge is 0.494 e. The first-order chi connectivity index (χ1) is 12.1. The minimum absolute atomic E-state index is 0.190. The lowest BCUT2D eigenvalue weighted by atomic mass is 10.1. The van der Waals surface area contributed by atoms with Gasteiger partial charge < -0.3 is 4.74 Å². The Labute approximate surface area is 147 Å². The van der Waals surface area contributed by atoms with Crippen LogP contribution in [0.1, 0.15) is 24.1 Å². The Morgan fingerprint density at radius 3 is 2.44 bits per heavy atom. The molecule has 0 N–H and O–H groups in total. The molecule has 0 saturated carbocycles. The van der Waals surface area contributed by atoms with Gasteiger partial charge in [0.05, 0.1) is 7.11 Å². The van der Waals surface area contributed by atoms with E-state index in [1.54, 1.807) is 24.3 Å². The zero-order valence-corrected chi connectivity index (χ0v) is 14.7. The molecule has 1 aliphatic heterocycles. The molecule has 134 valence electrons. The molecular weight excluding hydrogens is 322 g/mol. The Hall–Kier alpha value is -1.98. The second-order valence-electron chi connectivity index (χ2n) is 6.51. The molecule has 3 rings (SSSR count). The maximum absolute atomic E-state index is 13.8. The number of rotatable bonds is 5. The van der Waals surface area contributed by atoms with Crippen LogP contribution in [0.25, 0.3) is 0 Å². The van der Waals surface area contributed by atoms with E-state index in [1.807, 2.05) is 12.1 Å². The van der Waals surface area contributed by atoms with Crippen LogP contribution in [0.5, 0.6) is 5.75 Å². The Morgan fingerprint density at radius 2 is 1.80 bits per heavy atom. The van der Waals surface area contributed by atoms with Crippen LogP contribution in [0.15, 0.2) is 42.5 Å². The summed E-state index contributed by atoms with van der Waals surface area (Å²) in [6, 6.07) is 12.1. The number of methoxy groups -OCH3 is 1. The van der Waals surface area contributed by atoms with Gasteiger partial charge in [-0.25, -0.2) is 8.78 Å². The van der Waals surface area contributed by atoms with Crippen molar-refractivity contribution in [2.45, 2.75) is 19.5 Å². The van der Waals surface area contributed by atoms with Crippen LogP contribution in [0.4, 0.5) is 8.78 Å². The van der Waals surface area contributed by atoms with Gasteiger partial charge in [0.25, 0.3) is 0 Å². The molecule has 1 aliphatic rings. The van der Waals surface area contributed by atoms with E-state index in [-0.39, 0.29) is 23.4 Å². The van der Waals surface area contributed by atoms with E-state index in [1.165, 1.54) is 13.2 Å². The quantitative estimate of drug-likeness (QED) is 0.818. The summed E-state index contributed by atoms with van der Waals surface area (Å²) in [7, 11) is 1.47. The lowest BCUT2D eigenvalue weighted by molar-refractivity contribution is 0.0977. The predicted octanol–water partition coefficient (Wildman–Crippen LogP) is 3.85. The molecule has 2 aromatic carbocycles. The molecule has 25 heavy (non-hydrogen) atoms. The first-order valence-corrected chi connectivity index (χ1v) is 8.61. The average molecular weight is 346 g/mol. The van der Waals surface area contributed by atoms with E-state index in [4.69, 9.17) is 4.74 Å². The second-order valence-corrected chi connectivity index (χ2v) is 6.51. The third kappa shape index (κ3) is 4.35. The van der Waals surface area contributed by atoms with Gasteiger partial charge in [0.15, 0.2) is 11.6 Å². The Morgan fingerprint density at radius 1 is 1.04 bits per heavy atom. The number of halogens is 2. The predicted molar refractivity (Wildman–Crippen MR) is 94.6 cm³/mol. The smallest absolute Gasteiger partial charge is 0.165 e. The van der Waals surface area contributed by atoms with E-state index in [0.717, 1.165) is 43.9 Å². The Kier molecular flexibility index (Phi) is 5.66. The van der Waals surface area contributed by atoms with Crippen molar-refractivity contribution in [1.29, 1.82) is 0 Å². The zero-order valence-electron chi connectivity index (χ0n) is 14.7. The highest BCUT2D eigenvalue weighted by Crippen LogP contribution is 2.23. The summed E-state index contributed by atoms with van der Waals surface area (Å²) in [5, 5.41) is 0. The fourth-order valence-electron chi connectivity index (χ4n) is 3.35. The molecule has 0 aliphatic carbocycles. The number of piperazine rings is 1. The van der Waals surface area contributed by atoms with Crippen LogP contribution in [-0.2, 0) is 6.54 Å². The summed E-state index contributed by atoms with van der Waals surface area (Å²) in [6.45, 7) is 6.49. The van der Waals surface area contributed by atoms with Crippen LogP contribution < -0.4 is 4.74 Å². The van der Waals surface area contributed by atoms with Crippen molar-refractivity contribution in [3.05, 3.63) is 65.2 Å². The molecule has 0 bridgehead atoms. The molecule has 0 amide bonds. The minimum atomic E-state index is -0.321. The van der Waals surface area contributed by atoms with Gasteiger partial charge in [-0.05, 0) is 42.3 Å². The van der Waals surface area contributed by atoms with Gasteiger partial charge in [0.1, 0.15) is 5.82 Å². The number of hydrogen-bond acceptors (Lipinski definition) is 3. The van der Waals surface area contributed by atoms with E-state index in [2.05, 4.69) is 16.7 Å². The molecule has 3 nitrogen and oxygen atoms in total. The van der Waals surface area contributed by atoms with Gasteiger partial charge in [-0.3, -0.25) is 9.80 Å². The van der Waals surface area contributed by atoms with E-state index >= 15 is 0 Å². The molecule has 5 heteroatoms. The number of benzene rings is 2. The third-order valence-electron chi connectivity index (χ3n) is 4.91. The van der Waals surface area contributed by atoms with E-state index in [9.17, 15) is 8.78 Å². The first-order valence-electron chi connectivity index (χ1n) is 8.61. The van der Waals surface area contributed by atoms with Gasteiger partial charge in [0, 0.05) is 38.8 Å². The highest BCUT2D eigenvalue weighted by atomic mass is 19.1. The fraction of sp³-hybridized carbons (Fsp3) is 0.400. The molecule has 0 unspecified atom stereocenters. The highest BCUT2D eigenvalue weighted by Gasteiger charge is 2.22. The van der Waals surface area contributed by atoms with Gasteiger partial charge in [-0.1, -0.05) is 18.2 Å². The van der Waals surface area contributed by atoms with Crippen molar-refractivity contribution in [2.75, 3.05) is 33.3 Å². The van der Waals surface area contributed by atoms with Crippen LogP contribution in [0.2, 0.25) is 0 Å². The molecule has 0 spiro atoms.